The van der Waals surface area contributed by atoms with Gasteiger partial charge in [-0.05, 0) is 50.3 Å². The summed E-state index contributed by atoms with van der Waals surface area (Å²) < 4.78 is 5.36. The van der Waals surface area contributed by atoms with E-state index in [2.05, 4.69) is 12.1 Å². The van der Waals surface area contributed by atoms with Crippen molar-refractivity contribution in [2.45, 2.75) is 44.7 Å². The van der Waals surface area contributed by atoms with E-state index in [1.165, 1.54) is 6.26 Å². The van der Waals surface area contributed by atoms with Gasteiger partial charge in [-0.15, -0.1) is 0 Å². The molecule has 0 spiro atoms. The van der Waals surface area contributed by atoms with Gasteiger partial charge in [0.05, 0.1) is 11.7 Å². The number of nitrogens with zero attached hydrogens (tertiary/aromatic N) is 2. The Hall–Kier alpha value is -2.56. The van der Waals surface area contributed by atoms with E-state index in [0.29, 0.717) is 18.7 Å². The summed E-state index contributed by atoms with van der Waals surface area (Å²) in [5.74, 6) is 0.423. The van der Waals surface area contributed by atoms with Crippen LogP contribution in [0.25, 0.3) is 0 Å². The highest BCUT2D eigenvalue weighted by Crippen LogP contribution is 2.53. The first-order chi connectivity index (χ1) is 13.1. The third-order valence-electron chi connectivity index (χ3n) is 6.32. The van der Waals surface area contributed by atoms with Gasteiger partial charge >= 0.3 is 0 Å². The number of fused-ring (bicyclic) bond motifs is 2. The maximum Gasteiger partial charge on any atom is 0.290 e. The largest absolute Gasteiger partial charge is 0.459 e. The molecule has 0 saturated carbocycles. The van der Waals surface area contributed by atoms with E-state index < -0.39 is 5.41 Å². The molecule has 2 aliphatic heterocycles. The zero-order chi connectivity index (χ0) is 19.0. The molecule has 1 aromatic heterocycles. The second-order valence-electron chi connectivity index (χ2n) is 7.78. The molecule has 5 nitrogen and oxygen atoms in total. The molecule has 2 fully saturated rings. The minimum Gasteiger partial charge on any atom is -0.459 e. The third kappa shape index (κ3) is 2.85. The molecule has 5 heteroatoms. The van der Waals surface area contributed by atoms with E-state index in [4.69, 9.17) is 4.42 Å². The molecule has 0 radical (unpaired) electrons. The standard InChI is InChI=1S/C22H26N2O3/c1-3-23(2)21(26)22(14-16-8-5-4-6-9-16)15-17-11-12-19(22)24(17)20(25)18-10-7-13-27-18/h4-10,13,17,19H,3,11-12,14-15H2,1-2H3/t17-,19+,22+/m0/s1. The topological polar surface area (TPSA) is 53.8 Å². The molecule has 2 amide bonds. The zero-order valence-electron chi connectivity index (χ0n) is 15.9. The first-order valence-corrected chi connectivity index (χ1v) is 9.72. The van der Waals surface area contributed by atoms with E-state index in [1.54, 1.807) is 17.0 Å². The van der Waals surface area contributed by atoms with Crippen LogP contribution in [-0.4, -0.2) is 47.3 Å². The molecule has 2 aromatic rings. The van der Waals surface area contributed by atoms with E-state index in [9.17, 15) is 9.59 Å². The summed E-state index contributed by atoms with van der Waals surface area (Å²) in [5, 5.41) is 0. The quantitative estimate of drug-likeness (QED) is 0.815. The van der Waals surface area contributed by atoms with Crippen LogP contribution in [0.1, 0.15) is 42.3 Å². The van der Waals surface area contributed by atoms with Crippen molar-refractivity contribution in [1.82, 2.24) is 9.80 Å². The fourth-order valence-corrected chi connectivity index (χ4v) is 5.00. The van der Waals surface area contributed by atoms with Crippen LogP contribution < -0.4 is 0 Å². The summed E-state index contributed by atoms with van der Waals surface area (Å²) in [6, 6.07) is 13.6. The van der Waals surface area contributed by atoms with Crippen molar-refractivity contribution in [3.63, 3.8) is 0 Å². The molecular formula is C22H26N2O3. The summed E-state index contributed by atoms with van der Waals surface area (Å²) in [7, 11) is 1.86. The van der Waals surface area contributed by atoms with Crippen molar-refractivity contribution in [1.29, 1.82) is 0 Å². The number of carbonyl (C=O) groups excluding carboxylic acids is 2. The van der Waals surface area contributed by atoms with Gasteiger partial charge in [0.15, 0.2) is 5.76 Å². The molecule has 4 rings (SSSR count). The Balaban J connectivity index is 1.71. The zero-order valence-corrected chi connectivity index (χ0v) is 15.9. The van der Waals surface area contributed by atoms with Gasteiger partial charge in [0, 0.05) is 25.7 Å². The average Bonchev–Trinajstić information content (AvgIpc) is 3.42. The second kappa shape index (κ2) is 6.87. The summed E-state index contributed by atoms with van der Waals surface area (Å²) in [4.78, 5) is 30.3. The van der Waals surface area contributed by atoms with Crippen LogP contribution in [0.4, 0.5) is 0 Å². The minimum atomic E-state index is -0.558. The summed E-state index contributed by atoms with van der Waals surface area (Å²) in [6.45, 7) is 2.66. The predicted molar refractivity (Wildman–Crippen MR) is 102 cm³/mol. The van der Waals surface area contributed by atoms with Gasteiger partial charge in [-0.25, -0.2) is 0 Å². The molecule has 2 aliphatic rings. The molecule has 2 saturated heterocycles. The van der Waals surface area contributed by atoms with Gasteiger partial charge < -0.3 is 14.2 Å². The molecule has 1 aromatic carbocycles. The fourth-order valence-electron chi connectivity index (χ4n) is 5.00. The lowest BCUT2D eigenvalue weighted by Crippen LogP contribution is -2.51. The van der Waals surface area contributed by atoms with Gasteiger partial charge in [0.1, 0.15) is 0 Å². The number of benzene rings is 1. The van der Waals surface area contributed by atoms with Crippen LogP contribution in [0, 0.1) is 5.41 Å². The van der Waals surface area contributed by atoms with Crippen LogP contribution >= 0.6 is 0 Å². The molecular weight excluding hydrogens is 340 g/mol. The van der Waals surface area contributed by atoms with E-state index >= 15 is 0 Å². The van der Waals surface area contributed by atoms with Gasteiger partial charge in [0.2, 0.25) is 5.91 Å². The molecule has 0 aliphatic carbocycles. The molecule has 2 bridgehead atoms. The second-order valence-corrected chi connectivity index (χ2v) is 7.78. The van der Waals surface area contributed by atoms with Crippen LogP contribution in [0.2, 0.25) is 0 Å². The van der Waals surface area contributed by atoms with E-state index in [-0.39, 0.29) is 23.9 Å². The van der Waals surface area contributed by atoms with Crippen molar-refractivity contribution < 1.29 is 14.0 Å². The Bertz CT molecular complexity index is 817. The molecule has 3 heterocycles. The van der Waals surface area contributed by atoms with E-state index in [1.807, 2.05) is 37.1 Å². The van der Waals surface area contributed by atoms with Crippen molar-refractivity contribution in [2.24, 2.45) is 5.41 Å². The Labute approximate surface area is 159 Å². The smallest absolute Gasteiger partial charge is 0.290 e. The first kappa shape index (κ1) is 17.8. The number of hydrogen-bond donors (Lipinski definition) is 0. The van der Waals surface area contributed by atoms with Gasteiger partial charge in [-0.1, -0.05) is 30.3 Å². The lowest BCUT2D eigenvalue weighted by molar-refractivity contribution is -0.142. The number of furan rings is 1. The number of carbonyl (C=O) groups is 2. The summed E-state index contributed by atoms with van der Waals surface area (Å²) in [6.07, 6.45) is 4.74. The highest BCUT2D eigenvalue weighted by Gasteiger charge is 2.61. The summed E-state index contributed by atoms with van der Waals surface area (Å²) in [5.41, 5.74) is 0.588. The third-order valence-corrected chi connectivity index (χ3v) is 6.32. The SMILES string of the molecule is CCN(C)C(=O)[C@]1(Cc2ccccc2)C[C@@H]2CC[C@H]1N2C(=O)c1ccco1. The molecule has 0 unspecified atom stereocenters. The maximum atomic E-state index is 13.5. The number of hydrogen-bond acceptors (Lipinski definition) is 3. The van der Waals surface area contributed by atoms with Crippen molar-refractivity contribution in [3.8, 4) is 0 Å². The molecule has 0 N–H and O–H groups in total. The van der Waals surface area contributed by atoms with Crippen molar-refractivity contribution in [2.75, 3.05) is 13.6 Å². The van der Waals surface area contributed by atoms with Gasteiger partial charge in [-0.2, -0.15) is 0 Å². The minimum absolute atomic E-state index is 0.0817. The number of amides is 2. The predicted octanol–water partition coefficient (Wildman–Crippen LogP) is 3.36. The first-order valence-electron chi connectivity index (χ1n) is 9.72. The van der Waals surface area contributed by atoms with Crippen LogP contribution in [0.3, 0.4) is 0 Å². The van der Waals surface area contributed by atoms with Crippen LogP contribution in [0.5, 0.6) is 0 Å². The molecule has 3 atom stereocenters. The lowest BCUT2D eigenvalue weighted by atomic mass is 9.69. The fraction of sp³-hybridized carbons (Fsp3) is 0.455. The average molecular weight is 366 g/mol. The normalized spacial score (nSPS) is 26.4. The summed E-state index contributed by atoms with van der Waals surface area (Å²) >= 11 is 0. The van der Waals surface area contributed by atoms with E-state index in [0.717, 1.165) is 24.8 Å². The van der Waals surface area contributed by atoms with Crippen LogP contribution in [0.15, 0.2) is 53.1 Å². The monoisotopic (exact) mass is 366 g/mol. The molecule has 27 heavy (non-hydrogen) atoms. The lowest BCUT2D eigenvalue weighted by Gasteiger charge is -2.38. The maximum absolute atomic E-state index is 13.5. The van der Waals surface area contributed by atoms with Crippen molar-refractivity contribution in [3.05, 3.63) is 60.1 Å². The Kier molecular flexibility index (Phi) is 4.54. The Morgan fingerprint density at radius 1 is 1.19 bits per heavy atom. The molecule has 142 valence electrons. The van der Waals surface area contributed by atoms with Crippen LogP contribution in [-0.2, 0) is 11.2 Å². The Morgan fingerprint density at radius 2 is 1.96 bits per heavy atom. The van der Waals surface area contributed by atoms with Gasteiger partial charge in [0.25, 0.3) is 5.91 Å². The Morgan fingerprint density at radius 3 is 2.63 bits per heavy atom. The van der Waals surface area contributed by atoms with Gasteiger partial charge in [-0.3, -0.25) is 9.59 Å². The number of rotatable bonds is 5. The highest BCUT2D eigenvalue weighted by atomic mass is 16.3. The highest BCUT2D eigenvalue weighted by molar-refractivity contribution is 5.94. The van der Waals surface area contributed by atoms with Crippen molar-refractivity contribution >= 4 is 11.8 Å².